The molecule has 0 amide bonds. The zero-order valence-electron chi connectivity index (χ0n) is 10.6. The monoisotopic (exact) mass is 295 g/mol. The highest BCUT2D eigenvalue weighted by atomic mass is 32.2. The Bertz CT molecular complexity index is 667. The maximum absolute atomic E-state index is 13.2. The summed E-state index contributed by atoms with van der Waals surface area (Å²) in [6.45, 7) is -0.0111. The van der Waals surface area contributed by atoms with Crippen molar-refractivity contribution in [3.8, 4) is 5.75 Å². The van der Waals surface area contributed by atoms with Gasteiger partial charge in [-0.3, -0.25) is 0 Å². The standard InChI is InChI=1S/C14H14FNO3S/c15-11-8-12(16)10-14(9-11)20(17,18)7-6-19-13-4-2-1-3-5-13/h1-5,8-10H,6-7,16H2. The third-order valence-electron chi connectivity index (χ3n) is 2.62. The molecular formula is C14H14FNO3S. The van der Waals surface area contributed by atoms with Gasteiger partial charge in [0.1, 0.15) is 18.2 Å². The van der Waals surface area contributed by atoms with Crippen LogP contribution in [0.3, 0.4) is 0 Å². The first-order chi connectivity index (χ1) is 9.47. The first-order valence-corrected chi connectivity index (χ1v) is 7.59. The molecule has 0 unspecified atom stereocenters. The highest BCUT2D eigenvalue weighted by Gasteiger charge is 2.16. The summed E-state index contributed by atoms with van der Waals surface area (Å²) in [7, 11) is -3.62. The molecule has 2 aromatic carbocycles. The molecule has 0 saturated heterocycles. The van der Waals surface area contributed by atoms with Crippen LogP contribution in [0.2, 0.25) is 0 Å². The molecule has 0 aliphatic carbocycles. The van der Waals surface area contributed by atoms with Gasteiger partial charge < -0.3 is 10.5 Å². The fourth-order valence-electron chi connectivity index (χ4n) is 1.67. The Morgan fingerprint density at radius 2 is 1.80 bits per heavy atom. The van der Waals surface area contributed by atoms with Gasteiger partial charge in [0.25, 0.3) is 0 Å². The molecule has 6 heteroatoms. The minimum absolute atomic E-state index is 0.0111. The smallest absolute Gasteiger partial charge is 0.181 e. The lowest BCUT2D eigenvalue weighted by atomic mass is 10.3. The van der Waals surface area contributed by atoms with Crippen molar-refractivity contribution < 1.29 is 17.5 Å². The van der Waals surface area contributed by atoms with E-state index in [1.807, 2.05) is 6.07 Å². The van der Waals surface area contributed by atoms with Crippen LogP contribution in [0, 0.1) is 5.82 Å². The Morgan fingerprint density at radius 3 is 2.45 bits per heavy atom. The lowest BCUT2D eigenvalue weighted by Crippen LogP contribution is -2.14. The van der Waals surface area contributed by atoms with Gasteiger partial charge in [0, 0.05) is 5.69 Å². The molecule has 0 saturated carbocycles. The molecule has 0 spiro atoms. The molecule has 106 valence electrons. The van der Waals surface area contributed by atoms with Crippen molar-refractivity contribution in [1.82, 2.24) is 0 Å². The third-order valence-corrected chi connectivity index (χ3v) is 4.27. The molecule has 4 nitrogen and oxygen atoms in total. The molecule has 0 atom stereocenters. The number of nitrogen functional groups attached to an aromatic ring is 1. The van der Waals surface area contributed by atoms with Gasteiger partial charge >= 0.3 is 0 Å². The molecule has 20 heavy (non-hydrogen) atoms. The molecular weight excluding hydrogens is 281 g/mol. The number of hydrogen-bond donors (Lipinski definition) is 1. The van der Waals surface area contributed by atoms with Crippen molar-refractivity contribution in [2.45, 2.75) is 4.90 Å². The summed E-state index contributed by atoms with van der Waals surface area (Å²) < 4.78 is 42.5. The van der Waals surface area contributed by atoms with Gasteiger partial charge in [-0.1, -0.05) is 18.2 Å². The number of benzene rings is 2. The van der Waals surface area contributed by atoms with Crippen LogP contribution in [0.5, 0.6) is 5.75 Å². The average Bonchev–Trinajstić information content (AvgIpc) is 2.38. The molecule has 0 aliphatic heterocycles. The van der Waals surface area contributed by atoms with Gasteiger partial charge in [-0.25, -0.2) is 12.8 Å². The lowest BCUT2D eigenvalue weighted by molar-refractivity contribution is 0.341. The molecule has 0 aliphatic rings. The third kappa shape index (κ3) is 3.71. The van der Waals surface area contributed by atoms with Crippen LogP contribution in [0.1, 0.15) is 0 Å². The van der Waals surface area contributed by atoms with Gasteiger partial charge in [0.2, 0.25) is 0 Å². The molecule has 2 aromatic rings. The Labute approximate surface area is 116 Å². The summed E-state index contributed by atoms with van der Waals surface area (Å²) in [6, 6.07) is 12.1. The maximum atomic E-state index is 13.2. The first-order valence-electron chi connectivity index (χ1n) is 5.94. The number of anilines is 1. The highest BCUT2D eigenvalue weighted by Crippen LogP contribution is 2.17. The van der Waals surface area contributed by atoms with Gasteiger partial charge in [-0.2, -0.15) is 0 Å². The maximum Gasteiger partial charge on any atom is 0.181 e. The summed E-state index contributed by atoms with van der Waals surface area (Å²) >= 11 is 0. The van der Waals surface area contributed by atoms with Crippen LogP contribution in [-0.4, -0.2) is 20.8 Å². The molecule has 0 heterocycles. The molecule has 0 aromatic heterocycles. The van der Waals surface area contributed by atoms with Gasteiger partial charge in [0.05, 0.1) is 10.6 Å². The summed E-state index contributed by atoms with van der Waals surface area (Å²) in [5.74, 6) is -0.334. The quantitative estimate of drug-likeness (QED) is 0.859. The van der Waals surface area contributed by atoms with Gasteiger partial charge in [0.15, 0.2) is 9.84 Å². The van der Waals surface area contributed by atoms with Crippen molar-refractivity contribution in [2.24, 2.45) is 0 Å². The Morgan fingerprint density at radius 1 is 1.10 bits per heavy atom. The number of sulfone groups is 1. The van der Waals surface area contributed by atoms with E-state index in [2.05, 4.69) is 0 Å². The van der Waals surface area contributed by atoms with Crippen molar-refractivity contribution in [2.75, 3.05) is 18.1 Å². The van der Waals surface area contributed by atoms with Crippen molar-refractivity contribution in [1.29, 1.82) is 0 Å². The number of rotatable bonds is 5. The second-order valence-electron chi connectivity index (χ2n) is 4.20. The van der Waals surface area contributed by atoms with E-state index in [4.69, 9.17) is 10.5 Å². The van der Waals surface area contributed by atoms with E-state index in [0.717, 1.165) is 12.1 Å². The van der Waals surface area contributed by atoms with Crippen LogP contribution < -0.4 is 10.5 Å². The van der Waals surface area contributed by atoms with Gasteiger partial charge in [-0.15, -0.1) is 0 Å². The van der Waals surface area contributed by atoms with Crippen LogP contribution >= 0.6 is 0 Å². The number of para-hydroxylation sites is 1. The van der Waals surface area contributed by atoms with E-state index < -0.39 is 15.7 Å². The van der Waals surface area contributed by atoms with Crippen LogP contribution in [0.15, 0.2) is 53.4 Å². The van der Waals surface area contributed by atoms with Crippen LogP contribution in [0.4, 0.5) is 10.1 Å². The predicted octanol–water partition coefficient (Wildman–Crippen LogP) is 2.26. The number of ether oxygens (including phenoxy) is 1. The highest BCUT2D eigenvalue weighted by molar-refractivity contribution is 7.91. The van der Waals surface area contributed by atoms with Crippen molar-refractivity contribution in [3.05, 3.63) is 54.3 Å². The largest absolute Gasteiger partial charge is 0.493 e. The molecule has 0 radical (unpaired) electrons. The summed E-state index contributed by atoms with van der Waals surface area (Å²) in [5.41, 5.74) is 5.52. The summed E-state index contributed by atoms with van der Waals surface area (Å²) in [4.78, 5) is -0.133. The number of hydrogen-bond acceptors (Lipinski definition) is 4. The van der Waals surface area contributed by atoms with Crippen molar-refractivity contribution in [3.63, 3.8) is 0 Å². The van der Waals surface area contributed by atoms with E-state index in [0.29, 0.717) is 5.75 Å². The minimum atomic E-state index is -3.62. The summed E-state index contributed by atoms with van der Waals surface area (Å²) in [6.07, 6.45) is 0. The zero-order valence-corrected chi connectivity index (χ0v) is 11.4. The van der Waals surface area contributed by atoms with E-state index >= 15 is 0 Å². The summed E-state index contributed by atoms with van der Waals surface area (Å²) in [5, 5.41) is 0. The number of nitrogens with two attached hydrogens (primary N) is 1. The Balaban J connectivity index is 2.04. The molecule has 2 rings (SSSR count). The topological polar surface area (TPSA) is 69.4 Å². The van der Waals surface area contributed by atoms with E-state index in [1.54, 1.807) is 24.3 Å². The van der Waals surface area contributed by atoms with E-state index in [-0.39, 0.29) is 22.9 Å². The van der Waals surface area contributed by atoms with Crippen LogP contribution in [-0.2, 0) is 9.84 Å². The van der Waals surface area contributed by atoms with Crippen molar-refractivity contribution >= 4 is 15.5 Å². The SMILES string of the molecule is Nc1cc(F)cc(S(=O)(=O)CCOc2ccccc2)c1. The first kappa shape index (κ1) is 14.3. The second kappa shape index (κ2) is 5.92. The molecule has 2 N–H and O–H groups in total. The zero-order chi connectivity index (χ0) is 14.6. The van der Waals surface area contributed by atoms with Gasteiger partial charge in [-0.05, 0) is 30.3 Å². The second-order valence-corrected chi connectivity index (χ2v) is 6.31. The fraction of sp³-hybridized carbons (Fsp3) is 0.143. The van der Waals surface area contributed by atoms with E-state index in [1.165, 1.54) is 6.07 Å². The molecule has 0 bridgehead atoms. The van der Waals surface area contributed by atoms with Crippen LogP contribution in [0.25, 0.3) is 0 Å². The Hall–Kier alpha value is -2.08. The molecule has 0 fully saturated rings. The lowest BCUT2D eigenvalue weighted by Gasteiger charge is -2.08. The number of halogens is 1. The normalized spacial score (nSPS) is 11.2. The van der Waals surface area contributed by atoms with E-state index in [9.17, 15) is 12.8 Å². The average molecular weight is 295 g/mol. The fourth-order valence-corrected chi connectivity index (χ4v) is 2.81. The predicted molar refractivity (Wildman–Crippen MR) is 74.8 cm³/mol. The Kier molecular flexibility index (Phi) is 4.24. The minimum Gasteiger partial charge on any atom is -0.493 e.